The van der Waals surface area contributed by atoms with Crippen molar-refractivity contribution in [2.75, 3.05) is 6.26 Å². The van der Waals surface area contributed by atoms with E-state index in [4.69, 9.17) is 0 Å². The molecule has 0 bridgehead atoms. The first-order chi connectivity index (χ1) is 12.7. The van der Waals surface area contributed by atoms with Crippen LogP contribution in [0.25, 0.3) is 11.1 Å². The molecular weight excluding hydrogens is 374 g/mol. The van der Waals surface area contributed by atoms with Crippen molar-refractivity contribution in [2.24, 2.45) is 0 Å². The third-order valence-corrected chi connectivity index (χ3v) is 5.15. The van der Waals surface area contributed by atoms with Crippen LogP contribution < -0.4 is 0 Å². The Morgan fingerprint density at radius 3 is 2.11 bits per heavy atom. The number of ketones is 1. The molecule has 0 amide bonds. The van der Waals surface area contributed by atoms with Crippen molar-refractivity contribution in [3.63, 3.8) is 0 Å². The van der Waals surface area contributed by atoms with E-state index in [1.54, 1.807) is 0 Å². The summed E-state index contributed by atoms with van der Waals surface area (Å²) >= 11 is 0. The van der Waals surface area contributed by atoms with Crippen LogP contribution in [0.5, 0.6) is 5.75 Å². The van der Waals surface area contributed by atoms with Gasteiger partial charge in [0.1, 0.15) is 17.4 Å². The maximum absolute atomic E-state index is 14.0. The quantitative estimate of drug-likeness (QED) is 0.687. The topological polar surface area (TPSA) is 71.4 Å². The second-order valence-corrected chi connectivity index (χ2v) is 8.00. The molecule has 4 nitrogen and oxygen atoms in total. The van der Waals surface area contributed by atoms with Gasteiger partial charge >= 0.3 is 0 Å². The van der Waals surface area contributed by atoms with E-state index in [0.717, 1.165) is 18.4 Å². The summed E-state index contributed by atoms with van der Waals surface area (Å²) < 4.78 is 50.3. The highest BCUT2D eigenvalue weighted by Crippen LogP contribution is 2.30. The molecule has 0 saturated heterocycles. The summed E-state index contributed by atoms with van der Waals surface area (Å²) in [7, 11) is -3.39. The number of hydrogen-bond acceptors (Lipinski definition) is 4. The zero-order valence-electron chi connectivity index (χ0n) is 14.1. The molecule has 0 fully saturated rings. The third-order valence-electron chi connectivity index (χ3n) is 4.02. The van der Waals surface area contributed by atoms with Crippen molar-refractivity contribution in [3.05, 3.63) is 83.4 Å². The van der Waals surface area contributed by atoms with Gasteiger partial charge in [-0.2, -0.15) is 0 Å². The van der Waals surface area contributed by atoms with Crippen LogP contribution in [0.4, 0.5) is 8.78 Å². The van der Waals surface area contributed by atoms with E-state index in [9.17, 15) is 27.1 Å². The van der Waals surface area contributed by atoms with E-state index in [1.807, 2.05) is 0 Å². The van der Waals surface area contributed by atoms with Crippen molar-refractivity contribution < 1.29 is 27.1 Å². The average Bonchev–Trinajstić information content (AvgIpc) is 2.60. The van der Waals surface area contributed by atoms with E-state index in [1.165, 1.54) is 42.5 Å². The maximum Gasteiger partial charge on any atom is 0.196 e. The fourth-order valence-electron chi connectivity index (χ4n) is 2.67. The predicted molar refractivity (Wildman–Crippen MR) is 96.4 cm³/mol. The lowest BCUT2D eigenvalue weighted by Gasteiger charge is -2.11. The molecule has 0 atom stereocenters. The van der Waals surface area contributed by atoms with E-state index in [2.05, 4.69) is 0 Å². The molecule has 0 spiro atoms. The van der Waals surface area contributed by atoms with Gasteiger partial charge in [0.15, 0.2) is 15.6 Å². The van der Waals surface area contributed by atoms with Crippen LogP contribution in [-0.4, -0.2) is 25.6 Å². The SMILES string of the molecule is CS(=O)(=O)c1ccc(-c2cc(O)ccc2C(=O)c2ccc(F)cc2F)cc1. The summed E-state index contributed by atoms with van der Waals surface area (Å²) in [5, 5.41) is 9.80. The minimum absolute atomic E-state index is 0.0883. The molecule has 0 aliphatic rings. The van der Waals surface area contributed by atoms with Gasteiger partial charge in [-0.05, 0) is 53.6 Å². The van der Waals surface area contributed by atoms with E-state index >= 15 is 0 Å². The smallest absolute Gasteiger partial charge is 0.196 e. The second kappa shape index (κ2) is 6.92. The molecule has 3 aromatic rings. The van der Waals surface area contributed by atoms with Gasteiger partial charge in [-0.3, -0.25) is 4.79 Å². The van der Waals surface area contributed by atoms with Crippen molar-refractivity contribution in [1.82, 2.24) is 0 Å². The molecule has 0 saturated carbocycles. The second-order valence-electron chi connectivity index (χ2n) is 5.98. The fourth-order valence-corrected chi connectivity index (χ4v) is 3.30. The molecule has 0 heterocycles. The van der Waals surface area contributed by atoms with Crippen LogP contribution in [0.15, 0.2) is 65.6 Å². The zero-order valence-corrected chi connectivity index (χ0v) is 14.9. The van der Waals surface area contributed by atoms with Crippen molar-refractivity contribution >= 4 is 15.6 Å². The summed E-state index contributed by atoms with van der Waals surface area (Å²) in [5.74, 6) is -2.60. The Bertz CT molecular complexity index is 1140. The van der Waals surface area contributed by atoms with Crippen LogP contribution in [-0.2, 0) is 9.84 Å². The highest BCUT2D eigenvalue weighted by molar-refractivity contribution is 7.90. The number of sulfone groups is 1. The van der Waals surface area contributed by atoms with Crippen molar-refractivity contribution in [1.29, 1.82) is 0 Å². The number of halogens is 2. The van der Waals surface area contributed by atoms with Crippen molar-refractivity contribution in [2.45, 2.75) is 4.90 Å². The van der Waals surface area contributed by atoms with Crippen LogP contribution in [0.3, 0.4) is 0 Å². The van der Waals surface area contributed by atoms with Gasteiger partial charge < -0.3 is 5.11 Å². The van der Waals surface area contributed by atoms with Gasteiger partial charge in [0, 0.05) is 17.9 Å². The molecule has 3 rings (SSSR count). The number of carbonyl (C=O) groups excluding carboxylic acids is 1. The van der Waals surface area contributed by atoms with Crippen LogP contribution in [0, 0.1) is 11.6 Å². The highest BCUT2D eigenvalue weighted by Gasteiger charge is 2.19. The molecule has 27 heavy (non-hydrogen) atoms. The third kappa shape index (κ3) is 3.88. The Morgan fingerprint density at radius 2 is 1.52 bits per heavy atom. The Kier molecular flexibility index (Phi) is 4.80. The Hall–Kier alpha value is -3.06. The minimum Gasteiger partial charge on any atom is -0.508 e. The summed E-state index contributed by atoms with van der Waals surface area (Å²) in [6, 6.07) is 12.3. The Labute approximate surface area is 154 Å². The molecular formula is C20H14F2O4S. The summed E-state index contributed by atoms with van der Waals surface area (Å²) in [4.78, 5) is 12.9. The monoisotopic (exact) mass is 388 g/mol. The minimum atomic E-state index is -3.39. The predicted octanol–water partition coefficient (Wildman–Crippen LogP) is 3.97. The Balaban J connectivity index is 2.12. The standard InChI is InChI=1S/C20H14F2O4S/c1-27(25,26)15-6-2-12(3-7-15)18-11-14(23)5-9-16(18)20(24)17-8-4-13(21)10-19(17)22/h2-11,23H,1H3. The summed E-state index contributed by atoms with van der Waals surface area (Å²) in [5.41, 5.74) is 0.537. The van der Waals surface area contributed by atoms with Gasteiger partial charge in [-0.25, -0.2) is 17.2 Å². The van der Waals surface area contributed by atoms with Crippen LogP contribution >= 0.6 is 0 Å². The first-order valence-corrected chi connectivity index (χ1v) is 9.69. The lowest BCUT2D eigenvalue weighted by molar-refractivity contribution is 0.103. The number of rotatable bonds is 4. The lowest BCUT2D eigenvalue weighted by Crippen LogP contribution is -2.06. The van der Waals surface area contributed by atoms with Crippen molar-refractivity contribution in [3.8, 4) is 16.9 Å². The molecule has 7 heteroatoms. The van der Waals surface area contributed by atoms with E-state index < -0.39 is 27.3 Å². The molecule has 0 unspecified atom stereocenters. The number of aromatic hydroxyl groups is 1. The fraction of sp³-hybridized carbons (Fsp3) is 0.0500. The largest absolute Gasteiger partial charge is 0.508 e. The molecule has 138 valence electrons. The molecule has 0 aliphatic carbocycles. The molecule has 0 aliphatic heterocycles. The lowest BCUT2D eigenvalue weighted by atomic mass is 9.93. The Morgan fingerprint density at radius 1 is 0.889 bits per heavy atom. The maximum atomic E-state index is 14.0. The van der Waals surface area contributed by atoms with Crippen LogP contribution in [0.1, 0.15) is 15.9 Å². The number of phenolic OH excluding ortho intramolecular Hbond substituents is 1. The van der Waals surface area contributed by atoms with Gasteiger partial charge in [-0.15, -0.1) is 0 Å². The number of benzene rings is 3. The van der Waals surface area contributed by atoms with Gasteiger partial charge in [0.25, 0.3) is 0 Å². The normalized spacial score (nSPS) is 11.4. The highest BCUT2D eigenvalue weighted by atomic mass is 32.2. The number of carbonyl (C=O) groups is 1. The van der Waals surface area contributed by atoms with Crippen LogP contribution in [0.2, 0.25) is 0 Å². The first-order valence-electron chi connectivity index (χ1n) is 7.80. The number of phenols is 1. The molecule has 3 aromatic carbocycles. The summed E-state index contributed by atoms with van der Waals surface area (Å²) in [6.07, 6.45) is 1.07. The molecule has 0 radical (unpaired) electrons. The number of hydrogen-bond donors (Lipinski definition) is 1. The van der Waals surface area contributed by atoms with Gasteiger partial charge in [0.2, 0.25) is 0 Å². The average molecular weight is 388 g/mol. The molecule has 1 N–H and O–H groups in total. The first kappa shape index (κ1) is 18.7. The molecule has 0 aromatic heterocycles. The van der Waals surface area contributed by atoms with Gasteiger partial charge in [-0.1, -0.05) is 12.1 Å². The van der Waals surface area contributed by atoms with Gasteiger partial charge in [0.05, 0.1) is 10.5 Å². The summed E-state index contributed by atoms with van der Waals surface area (Å²) in [6.45, 7) is 0. The zero-order chi connectivity index (χ0) is 19.8. The van der Waals surface area contributed by atoms with E-state index in [0.29, 0.717) is 17.2 Å². The van der Waals surface area contributed by atoms with E-state index in [-0.39, 0.29) is 21.8 Å².